The molecule has 0 spiro atoms. The van der Waals surface area contributed by atoms with Crippen LogP contribution in [-0.2, 0) is 11.4 Å². The Balaban J connectivity index is 1.45. The van der Waals surface area contributed by atoms with E-state index in [1.165, 1.54) is 0 Å². The SMILES string of the molecule is C[C@H](N[S+]([O-])C(C)(C)C)C12CCC(Nc3ccc4ccnc(Cl)c4n3)(CC1)CC2. The highest BCUT2D eigenvalue weighted by Gasteiger charge is 2.52. The van der Waals surface area contributed by atoms with Gasteiger partial charge in [-0.25, -0.2) is 9.97 Å². The van der Waals surface area contributed by atoms with Gasteiger partial charge >= 0.3 is 0 Å². The first-order chi connectivity index (χ1) is 13.6. The van der Waals surface area contributed by atoms with Gasteiger partial charge in [0.1, 0.15) is 16.1 Å². The number of nitrogens with zero attached hydrogens (tertiary/aromatic N) is 2. The van der Waals surface area contributed by atoms with Crippen molar-refractivity contribution < 1.29 is 4.55 Å². The van der Waals surface area contributed by atoms with Crippen LogP contribution in [0.3, 0.4) is 0 Å². The van der Waals surface area contributed by atoms with Crippen molar-refractivity contribution in [3.05, 3.63) is 29.5 Å². The van der Waals surface area contributed by atoms with E-state index in [0.717, 1.165) is 55.2 Å². The molecule has 3 saturated carbocycles. The molecule has 3 aliphatic rings. The number of halogens is 1. The zero-order valence-electron chi connectivity index (χ0n) is 17.7. The topological polar surface area (TPSA) is 72.9 Å². The fourth-order valence-electron chi connectivity index (χ4n) is 4.87. The predicted octanol–water partition coefficient (Wildman–Crippen LogP) is 5.23. The molecule has 0 saturated heterocycles. The van der Waals surface area contributed by atoms with E-state index in [1.54, 1.807) is 6.20 Å². The minimum Gasteiger partial charge on any atom is -0.598 e. The Labute approximate surface area is 181 Å². The maximum atomic E-state index is 12.6. The van der Waals surface area contributed by atoms with E-state index < -0.39 is 11.4 Å². The zero-order chi connectivity index (χ0) is 20.9. The Hall–Kier alpha value is -1.08. The lowest BCUT2D eigenvalue weighted by molar-refractivity contribution is 0.0318. The average Bonchev–Trinajstić information content (AvgIpc) is 2.69. The summed E-state index contributed by atoms with van der Waals surface area (Å²) in [4.78, 5) is 8.89. The van der Waals surface area contributed by atoms with Gasteiger partial charge in [0, 0.05) is 28.5 Å². The summed E-state index contributed by atoms with van der Waals surface area (Å²) in [5.41, 5.74) is 1.09. The van der Waals surface area contributed by atoms with Crippen LogP contribution in [0.5, 0.6) is 0 Å². The molecular weight excluding hydrogens is 404 g/mol. The Morgan fingerprint density at radius 1 is 1.10 bits per heavy atom. The number of pyridine rings is 2. The van der Waals surface area contributed by atoms with Crippen LogP contribution in [0.4, 0.5) is 5.82 Å². The van der Waals surface area contributed by atoms with Crippen LogP contribution in [0.1, 0.15) is 66.2 Å². The third-order valence-corrected chi connectivity index (χ3v) is 8.98. The summed E-state index contributed by atoms with van der Waals surface area (Å²) in [5, 5.41) is 5.20. The van der Waals surface area contributed by atoms with Crippen LogP contribution in [0.15, 0.2) is 24.4 Å². The fraction of sp³-hybridized carbons (Fsp3) is 0.636. The highest BCUT2D eigenvalue weighted by Crippen LogP contribution is 2.55. The molecule has 5 rings (SSSR count). The smallest absolute Gasteiger partial charge is 0.155 e. The van der Waals surface area contributed by atoms with Crippen molar-refractivity contribution in [2.24, 2.45) is 5.41 Å². The van der Waals surface area contributed by atoms with Crippen LogP contribution >= 0.6 is 11.6 Å². The maximum Gasteiger partial charge on any atom is 0.155 e. The molecule has 3 fully saturated rings. The largest absolute Gasteiger partial charge is 0.598 e. The summed E-state index contributed by atoms with van der Waals surface area (Å²) < 4.78 is 15.8. The number of aromatic nitrogens is 2. The first-order valence-corrected chi connectivity index (χ1v) is 12.0. The van der Waals surface area contributed by atoms with Gasteiger partial charge in [0.05, 0.1) is 6.04 Å². The normalized spacial score (nSPS) is 29.0. The number of nitrogens with one attached hydrogen (secondary N) is 2. The van der Waals surface area contributed by atoms with Gasteiger partial charge in [0.15, 0.2) is 5.15 Å². The third-order valence-electron chi connectivity index (χ3n) is 7.02. The molecule has 0 aromatic carbocycles. The molecule has 3 aliphatic carbocycles. The fourth-order valence-corrected chi connectivity index (χ4v) is 6.00. The third kappa shape index (κ3) is 4.09. The Morgan fingerprint density at radius 2 is 1.76 bits per heavy atom. The number of anilines is 1. The molecule has 29 heavy (non-hydrogen) atoms. The van der Waals surface area contributed by atoms with Gasteiger partial charge in [0.25, 0.3) is 0 Å². The number of fused-ring (bicyclic) bond motifs is 4. The molecule has 2 bridgehead atoms. The zero-order valence-corrected chi connectivity index (χ0v) is 19.3. The molecule has 2 aromatic rings. The summed E-state index contributed by atoms with van der Waals surface area (Å²) in [6, 6.07) is 6.28. The number of rotatable bonds is 5. The lowest BCUT2D eigenvalue weighted by Crippen LogP contribution is -2.58. The quantitative estimate of drug-likeness (QED) is 0.498. The Bertz CT molecular complexity index is 875. The first-order valence-electron chi connectivity index (χ1n) is 10.5. The molecule has 0 amide bonds. The molecule has 7 heteroatoms. The lowest BCUT2D eigenvalue weighted by atomic mass is 9.55. The summed E-state index contributed by atoms with van der Waals surface area (Å²) in [6.07, 6.45) is 8.48. The van der Waals surface area contributed by atoms with E-state index in [0.29, 0.717) is 5.15 Å². The molecular formula is C22H31ClN4OS. The molecule has 1 unspecified atom stereocenters. The van der Waals surface area contributed by atoms with Crippen LogP contribution < -0.4 is 10.0 Å². The number of hydrogen-bond donors (Lipinski definition) is 2. The van der Waals surface area contributed by atoms with Crippen molar-refractivity contribution in [2.75, 3.05) is 5.32 Å². The summed E-state index contributed by atoms with van der Waals surface area (Å²) >= 11 is 5.21. The lowest BCUT2D eigenvalue weighted by Gasteiger charge is -2.56. The maximum absolute atomic E-state index is 12.6. The Morgan fingerprint density at radius 3 is 2.38 bits per heavy atom. The monoisotopic (exact) mass is 434 g/mol. The van der Waals surface area contributed by atoms with Crippen LogP contribution in [0.25, 0.3) is 10.9 Å². The van der Waals surface area contributed by atoms with E-state index in [1.807, 2.05) is 32.9 Å². The van der Waals surface area contributed by atoms with Crippen LogP contribution in [-0.4, -0.2) is 30.8 Å². The van der Waals surface area contributed by atoms with Crippen molar-refractivity contribution in [3.63, 3.8) is 0 Å². The van der Waals surface area contributed by atoms with Gasteiger partial charge in [-0.05, 0) is 89.8 Å². The van der Waals surface area contributed by atoms with Crippen molar-refractivity contribution >= 4 is 39.7 Å². The molecule has 2 atom stereocenters. The van der Waals surface area contributed by atoms with E-state index in [9.17, 15) is 4.55 Å². The molecule has 0 aliphatic heterocycles. The van der Waals surface area contributed by atoms with Crippen molar-refractivity contribution in [2.45, 2.75) is 82.5 Å². The van der Waals surface area contributed by atoms with Gasteiger partial charge < -0.3 is 9.87 Å². The van der Waals surface area contributed by atoms with Crippen molar-refractivity contribution in [3.8, 4) is 0 Å². The summed E-state index contributed by atoms with van der Waals surface area (Å²) in [5.74, 6) is 0.877. The highest BCUT2D eigenvalue weighted by molar-refractivity contribution is 7.90. The second-order valence-corrected chi connectivity index (χ2v) is 12.2. The summed E-state index contributed by atoms with van der Waals surface area (Å²) in [6.45, 7) is 8.29. The average molecular weight is 435 g/mol. The minimum atomic E-state index is -1.03. The van der Waals surface area contributed by atoms with E-state index >= 15 is 0 Å². The molecule has 2 N–H and O–H groups in total. The predicted molar refractivity (Wildman–Crippen MR) is 122 cm³/mol. The van der Waals surface area contributed by atoms with Gasteiger partial charge in [-0.2, -0.15) is 0 Å². The molecule has 2 heterocycles. The van der Waals surface area contributed by atoms with Gasteiger partial charge in [0.2, 0.25) is 0 Å². The van der Waals surface area contributed by atoms with Crippen LogP contribution in [0.2, 0.25) is 5.15 Å². The molecule has 2 aromatic heterocycles. The second kappa shape index (κ2) is 7.56. The molecule has 0 radical (unpaired) electrons. The molecule has 158 valence electrons. The van der Waals surface area contributed by atoms with Crippen molar-refractivity contribution in [1.29, 1.82) is 0 Å². The minimum absolute atomic E-state index is 0.0972. The van der Waals surface area contributed by atoms with E-state index in [4.69, 9.17) is 16.6 Å². The first kappa shape index (κ1) is 21.2. The number of hydrogen-bond acceptors (Lipinski definition) is 5. The summed E-state index contributed by atoms with van der Waals surface area (Å²) in [7, 11) is 0. The standard InChI is InChI=1S/C22H31ClN4OS/c1-15(27-29(28)20(2,3)4)21-8-11-22(12-9-21,13-10-21)26-17-6-5-16-7-14-24-19(23)18(16)25-17/h5-7,14-15,27H,8-13H2,1-4H3,(H,25,26)/t15-,21?,22?,29?/m0/s1. The van der Waals surface area contributed by atoms with Gasteiger partial charge in [-0.3, -0.25) is 0 Å². The van der Waals surface area contributed by atoms with Gasteiger partial charge in [-0.15, -0.1) is 4.72 Å². The van der Waals surface area contributed by atoms with E-state index in [2.05, 4.69) is 28.0 Å². The second-order valence-electron chi connectivity index (χ2n) is 9.86. The van der Waals surface area contributed by atoms with Crippen molar-refractivity contribution in [1.82, 2.24) is 14.7 Å². The molecule has 5 nitrogen and oxygen atoms in total. The highest BCUT2D eigenvalue weighted by atomic mass is 35.5. The van der Waals surface area contributed by atoms with E-state index in [-0.39, 0.29) is 21.7 Å². The van der Waals surface area contributed by atoms with Crippen LogP contribution in [0, 0.1) is 5.41 Å². The Kier molecular flexibility index (Phi) is 5.52. The van der Waals surface area contributed by atoms with Gasteiger partial charge in [-0.1, -0.05) is 11.6 Å².